The minimum absolute atomic E-state index is 0.0618. The van der Waals surface area contributed by atoms with Gasteiger partial charge in [-0.3, -0.25) is 52.7 Å². The van der Waals surface area contributed by atoms with Crippen molar-refractivity contribution in [1.29, 1.82) is 0 Å². The fourth-order valence-corrected chi connectivity index (χ4v) is 11.1. The van der Waals surface area contributed by atoms with Crippen molar-refractivity contribution >= 4 is 65.0 Å². The summed E-state index contributed by atoms with van der Waals surface area (Å²) in [6.07, 6.45) is 3.21. The Kier molecular flexibility index (Phi) is 33.1. The van der Waals surface area contributed by atoms with E-state index in [-0.39, 0.29) is 62.2 Å². The number of carbonyl (C=O) groups is 11. The van der Waals surface area contributed by atoms with Crippen LogP contribution in [0.3, 0.4) is 0 Å². The molecule has 88 heavy (non-hydrogen) atoms. The van der Waals surface area contributed by atoms with Gasteiger partial charge >= 0.3 is 0 Å². The maximum absolute atomic E-state index is 15.2. The van der Waals surface area contributed by atoms with Crippen LogP contribution in [0.2, 0.25) is 0 Å². The fourth-order valence-electron chi connectivity index (χ4n) is 11.1. The second kappa shape index (κ2) is 36.5. The van der Waals surface area contributed by atoms with E-state index in [1.54, 1.807) is 60.6 Å². The Bertz CT molecular complexity index is 2400. The van der Waals surface area contributed by atoms with E-state index < -0.39 is 162 Å². The monoisotopic (exact) mass is 1250 g/mol. The van der Waals surface area contributed by atoms with E-state index in [2.05, 4.69) is 21.3 Å². The van der Waals surface area contributed by atoms with Crippen molar-refractivity contribution in [3.05, 3.63) is 12.2 Å². The molecule has 0 aromatic rings. The number of carbonyl (C=O) groups excluding carboxylic acids is 11. The second-order valence-corrected chi connectivity index (χ2v) is 26.8. The van der Waals surface area contributed by atoms with Gasteiger partial charge in [-0.25, -0.2) is 0 Å². The molecule has 0 aromatic carbocycles. The zero-order valence-corrected chi connectivity index (χ0v) is 57.8. The Balaban J connectivity index is 4.43. The van der Waals surface area contributed by atoms with Crippen molar-refractivity contribution in [2.75, 3.05) is 55.9 Å². The molecule has 6 N–H and O–H groups in total. The minimum atomic E-state index is -1.67. The lowest BCUT2D eigenvalue weighted by atomic mass is 9.91. The van der Waals surface area contributed by atoms with Gasteiger partial charge < -0.3 is 65.8 Å². The molecular weight excluding hydrogens is 1130 g/mol. The number of rotatable bonds is 17. The molecule has 0 aliphatic carbocycles. The molecule has 0 radical (unpaired) electrons. The molecule has 0 spiro atoms. The molecule has 1 heterocycles. The Hall–Kier alpha value is -6.17. The van der Waals surface area contributed by atoms with E-state index in [1.165, 1.54) is 82.8 Å². The molecule has 0 saturated carbocycles. The molecule has 0 aromatic heterocycles. The number of nitrogens with one attached hydrogen (secondary N) is 4. The van der Waals surface area contributed by atoms with Crippen molar-refractivity contribution in [1.82, 2.24) is 55.6 Å². The predicted molar refractivity (Wildman–Crippen MR) is 339 cm³/mol. The molecule has 1 aliphatic rings. The Labute approximate surface area is 526 Å². The second-order valence-electron chi connectivity index (χ2n) is 26.8. The normalized spacial score (nSPS) is 27.2. The summed E-state index contributed by atoms with van der Waals surface area (Å²) >= 11 is 0. The summed E-state index contributed by atoms with van der Waals surface area (Å²) in [5, 5.41) is 34.0. The summed E-state index contributed by atoms with van der Waals surface area (Å²) < 4.78 is 0. The third-order valence-corrected chi connectivity index (χ3v) is 16.9. The molecule has 24 heteroatoms. The van der Waals surface area contributed by atoms with Crippen molar-refractivity contribution in [2.45, 2.75) is 235 Å². The lowest BCUT2D eigenvalue weighted by Crippen LogP contribution is -2.64. The van der Waals surface area contributed by atoms with Crippen LogP contribution in [0.4, 0.5) is 0 Å². The first-order valence-corrected chi connectivity index (χ1v) is 31.7. The summed E-state index contributed by atoms with van der Waals surface area (Å²) in [6, 6.07) is -14.4. The van der Waals surface area contributed by atoms with Gasteiger partial charge in [0.25, 0.3) is 0 Å². The molecule has 0 bridgehead atoms. The number of likely N-dealkylation sites (N-methyl/N-ethyl adjacent to an activating group) is 7. The number of hydrogen-bond donors (Lipinski definition) is 6. The molecule has 1 unspecified atom stereocenters. The summed E-state index contributed by atoms with van der Waals surface area (Å²) in [5.41, 5.74) is 0. The Morgan fingerprint density at radius 1 is 0.443 bits per heavy atom. The van der Waals surface area contributed by atoms with Gasteiger partial charge in [-0.15, -0.1) is 0 Å². The Morgan fingerprint density at radius 3 is 1.32 bits per heavy atom. The Morgan fingerprint density at radius 2 is 0.864 bits per heavy atom. The molecule has 1 fully saturated rings. The van der Waals surface area contributed by atoms with Gasteiger partial charge in [0.05, 0.1) is 12.7 Å². The van der Waals surface area contributed by atoms with Crippen LogP contribution in [0.5, 0.6) is 0 Å². The SMILES string of the molecule is C/C=C/C[C@@H](C)[C@@H](O)[C@H]1C(=O)N[C@H](CC)C(=O)N(C)C(CO)C(=O)N(C)[C@@H](CC(C)C)C(=O)N[C@H](C(C)C)C(=O)N(C)[C@H](CC(C)C)C(=O)N[C@H](C)C(=O)N[C@@H](C)C(=O)N(C)[C@@H](CC(C)C)C(=O)N(C)[C@H](CCC(C)C)C(=O)N(C)[C@H](C(C)C)C(=O)N1C. The highest BCUT2D eigenvalue weighted by Gasteiger charge is 2.46. The minimum Gasteiger partial charge on any atom is -0.394 e. The molecule has 1 saturated heterocycles. The summed E-state index contributed by atoms with van der Waals surface area (Å²) in [4.78, 5) is 170. The van der Waals surface area contributed by atoms with Crippen LogP contribution in [0.25, 0.3) is 0 Å². The zero-order valence-electron chi connectivity index (χ0n) is 57.8. The average molecular weight is 1250 g/mol. The fraction of sp³-hybridized carbons (Fsp3) is 0.797. The molecule has 504 valence electrons. The van der Waals surface area contributed by atoms with Crippen LogP contribution in [0, 0.1) is 41.4 Å². The summed E-state index contributed by atoms with van der Waals surface area (Å²) in [5.74, 6) is -10.3. The van der Waals surface area contributed by atoms with E-state index in [0.717, 1.165) is 14.7 Å². The topological polar surface area (TPSA) is 299 Å². The largest absolute Gasteiger partial charge is 0.394 e. The standard InChI is InChI=1S/C64H115N11O13/c1-25-27-28-41(15)53(77)52-57(81)67-44(26-2)59(83)73(22)49(34-76)62(86)70(19)47(32-37(7)8)56(80)68-50(39(11)12)63(87)71(20)46(31-36(5)6)55(79)65-42(16)54(78)66-43(17)58(82)72(21)48(33-38(9)10)61(85)69(18)45(30-29-35(3)4)60(84)74(23)51(40(13)14)64(88)75(52)24/h25,27,35-53,76-77H,26,28-34H2,1-24H3,(H,65,79)(H,66,78)(H,67,81)(H,68,80)/b27-25+/t41-,42-,43+,44-,45-,46-,47+,48+,49?,50-,51-,52+,53-/m1/s1. The van der Waals surface area contributed by atoms with Crippen molar-refractivity contribution in [3.63, 3.8) is 0 Å². The number of allylic oxidation sites excluding steroid dienone is 2. The summed E-state index contributed by atoms with van der Waals surface area (Å²) in [6.45, 7) is 28.8. The van der Waals surface area contributed by atoms with Gasteiger partial charge in [-0.05, 0) is 107 Å². The first-order chi connectivity index (χ1) is 40.7. The third kappa shape index (κ3) is 21.8. The predicted octanol–water partition coefficient (Wildman–Crippen LogP) is 3.02. The van der Waals surface area contributed by atoms with Gasteiger partial charge in [0.15, 0.2) is 0 Å². The van der Waals surface area contributed by atoms with Crippen LogP contribution < -0.4 is 21.3 Å². The molecule has 1 aliphatic heterocycles. The van der Waals surface area contributed by atoms with Crippen molar-refractivity contribution in [3.8, 4) is 0 Å². The van der Waals surface area contributed by atoms with Crippen molar-refractivity contribution in [2.24, 2.45) is 41.4 Å². The highest BCUT2D eigenvalue weighted by molar-refractivity contribution is 6.00. The van der Waals surface area contributed by atoms with Gasteiger partial charge in [0.2, 0.25) is 65.0 Å². The van der Waals surface area contributed by atoms with E-state index >= 15 is 14.4 Å². The maximum Gasteiger partial charge on any atom is 0.248 e. The third-order valence-electron chi connectivity index (χ3n) is 16.9. The molecule has 11 amide bonds. The number of amides is 11. The first kappa shape index (κ1) is 79.8. The highest BCUT2D eigenvalue weighted by atomic mass is 16.3. The molecule has 13 atom stereocenters. The average Bonchev–Trinajstić information content (AvgIpc) is 2.09. The van der Waals surface area contributed by atoms with E-state index in [0.29, 0.717) is 6.42 Å². The molecule has 24 nitrogen and oxygen atoms in total. The van der Waals surface area contributed by atoms with Crippen LogP contribution in [0.15, 0.2) is 12.2 Å². The van der Waals surface area contributed by atoms with Crippen LogP contribution in [-0.2, 0) is 52.7 Å². The number of nitrogens with zero attached hydrogens (tertiary/aromatic N) is 7. The number of hydrogen-bond acceptors (Lipinski definition) is 13. The van der Waals surface area contributed by atoms with Crippen LogP contribution >= 0.6 is 0 Å². The summed E-state index contributed by atoms with van der Waals surface area (Å²) in [7, 11) is 9.68. The quantitative estimate of drug-likeness (QED) is 0.114. The van der Waals surface area contributed by atoms with Crippen LogP contribution in [-0.4, -0.2) is 238 Å². The van der Waals surface area contributed by atoms with Gasteiger partial charge in [-0.2, -0.15) is 0 Å². The van der Waals surface area contributed by atoms with E-state index in [9.17, 15) is 48.6 Å². The lowest BCUT2D eigenvalue weighted by Gasteiger charge is -2.41. The van der Waals surface area contributed by atoms with E-state index in [1.807, 2.05) is 55.4 Å². The lowest BCUT2D eigenvalue weighted by molar-refractivity contribution is -0.157. The zero-order chi connectivity index (χ0) is 68.3. The van der Waals surface area contributed by atoms with Gasteiger partial charge in [0, 0.05) is 49.3 Å². The number of aliphatic hydroxyl groups is 2. The highest BCUT2D eigenvalue weighted by Crippen LogP contribution is 2.26. The van der Waals surface area contributed by atoms with Gasteiger partial charge in [-0.1, -0.05) is 109 Å². The molecule has 1 rings (SSSR count). The number of aliphatic hydroxyl groups excluding tert-OH is 2. The smallest absolute Gasteiger partial charge is 0.248 e. The van der Waals surface area contributed by atoms with Crippen molar-refractivity contribution < 1.29 is 63.0 Å². The van der Waals surface area contributed by atoms with Crippen LogP contribution in [0.1, 0.15) is 163 Å². The maximum atomic E-state index is 15.2. The van der Waals surface area contributed by atoms with E-state index in [4.69, 9.17) is 0 Å². The van der Waals surface area contributed by atoms with Gasteiger partial charge in [0.1, 0.15) is 66.5 Å². The molecular formula is C64H115N11O13. The first-order valence-electron chi connectivity index (χ1n) is 31.7.